The van der Waals surface area contributed by atoms with Gasteiger partial charge in [0.2, 0.25) is 5.95 Å². The van der Waals surface area contributed by atoms with Gasteiger partial charge in [0.05, 0.1) is 6.20 Å². The van der Waals surface area contributed by atoms with Crippen LogP contribution < -0.4 is 10.6 Å². The molecule has 6 heteroatoms. The number of anilines is 4. The number of nitrogens with zero attached hydrogens (tertiary/aromatic N) is 3. The van der Waals surface area contributed by atoms with Crippen LogP contribution in [0.5, 0.6) is 0 Å². The molecule has 0 bridgehead atoms. The molecular weight excluding hydrogens is 322 g/mol. The fourth-order valence-electron chi connectivity index (χ4n) is 2.29. The highest BCUT2D eigenvalue weighted by molar-refractivity contribution is 6.30. The smallest absolute Gasteiger partial charge is 0.249 e. The summed E-state index contributed by atoms with van der Waals surface area (Å²) in [5, 5.41) is 15.2. The number of halogens is 1. The minimum atomic E-state index is 0.438. The second-order valence-electron chi connectivity index (χ2n) is 5.62. The molecule has 3 rings (SSSR count). The van der Waals surface area contributed by atoms with Gasteiger partial charge in [-0.3, -0.25) is 0 Å². The maximum absolute atomic E-state index is 6.05. The number of nitrogens with one attached hydrogen (secondary N) is 2. The zero-order chi connectivity index (χ0) is 17.1. The summed E-state index contributed by atoms with van der Waals surface area (Å²) < 4.78 is 0. The second-order valence-corrected chi connectivity index (χ2v) is 6.06. The Morgan fingerprint density at radius 3 is 2.58 bits per heavy atom. The van der Waals surface area contributed by atoms with Crippen LogP contribution in [0.15, 0.2) is 42.6 Å². The minimum Gasteiger partial charge on any atom is -0.339 e. The lowest BCUT2D eigenvalue weighted by molar-refractivity contribution is 0.981. The van der Waals surface area contributed by atoms with Crippen molar-refractivity contribution in [1.82, 2.24) is 15.2 Å². The lowest BCUT2D eigenvalue weighted by Gasteiger charge is -2.12. The van der Waals surface area contributed by atoms with Gasteiger partial charge in [0.1, 0.15) is 0 Å². The van der Waals surface area contributed by atoms with Gasteiger partial charge in [0.15, 0.2) is 5.82 Å². The lowest BCUT2D eigenvalue weighted by atomic mass is 10.1. The van der Waals surface area contributed by atoms with Gasteiger partial charge in [-0.2, -0.15) is 10.1 Å². The van der Waals surface area contributed by atoms with Crippen molar-refractivity contribution in [2.45, 2.75) is 20.8 Å². The van der Waals surface area contributed by atoms with Gasteiger partial charge in [-0.05, 0) is 55.7 Å². The van der Waals surface area contributed by atoms with E-state index in [9.17, 15) is 0 Å². The highest BCUT2D eigenvalue weighted by Crippen LogP contribution is 2.24. The Morgan fingerprint density at radius 2 is 1.75 bits per heavy atom. The third-order valence-electron chi connectivity index (χ3n) is 3.87. The standard InChI is InChI=1S/C18H18ClN5/c1-11-5-4-6-15(13(11)3)22-18-23-17(10-20-24-18)21-16-9-14(19)8-7-12(16)2/h4-10H,1-3H3,(H2,21,22,23,24). The maximum Gasteiger partial charge on any atom is 0.249 e. The third kappa shape index (κ3) is 3.63. The fourth-order valence-corrected chi connectivity index (χ4v) is 2.46. The molecule has 0 aliphatic heterocycles. The Morgan fingerprint density at radius 1 is 0.917 bits per heavy atom. The number of aryl methyl sites for hydroxylation is 2. The summed E-state index contributed by atoms with van der Waals surface area (Å²) in [5.74, 6) is 1.04. The molecular formula is C18H18ClN5. The molecule has 2 aromatic carbocycles. The van der Waals surface area contributed by atoms with Crippen LogP contribution in [0.3, 0.4) is 0 Å². The van der Waals surface area contributed by atoms with E-state index in [1.165, 1.54) is 5.56 Å². The first kappa shape index (κ1) is 16.2. The van der Waals surface area contributed by atoms with Gasteiger partial charge in [-0.25, -0.2) is 0 Å². The number of benzene rings is 2. The zero-order valence-corrected chi connectivity index (χ0v) is 14.5. The van der Waals surface area contributed by atoms with E-state index < -0.39 is 0 Å². The van der Waals surface area contributed by atoms with Crippen LogP contribution >= 0.6 is 11.6 Å². The molecule has 1 heterocycles. The summed E-state index contributed by atoms with van der Waals surface area (Å²) in [6.45, 7) is 6.13. The van der Waals surface area contributed by atoms with Crippen molar-refractivity contribution in [3.8, 4) is 0 Å². The number of hydrogen-bond donors (Lipinski definition) is 2. The molecule has 0 saturated carbocycles. The lowest BCUT2D eigenvalue weighted by Crippen LogP contribution is -2.04. The van der Waals surface area contributed by atoms with Gasteiger partial charge in [0, 0.05) is 16.4 Å². The van der Waals surface area contributed by atoms with Crippen molar-refractivity contribution in [2.75, 3.05) is 10.6 Å². The fraction of sp³-hybridized carbons (Fsp3) is 0.167. The normalized spacial score (nSPS) is 10.5. The molecule has 0 radical (unpaired) electrons. The predicted octanol–water partition coefficient (Wildman–Crippen LogP) is 4.94. The summed E-state index contributed by atoms with van der Waals surface area (Å²) in [5.41, 5.74) is 5.29. The molecule has 1 aromatic heterocycles. The Labute approximate surface area is 146 Å². The minimum absolute atomic E-state index is 0.438. The molecule has 3 aromatic rings. The third-order valence-corrected chi connectivity index (χ3v) is 4.11. The first-order valence-corrected chi connectivity index (χ1v) is 7.97. The molecule has 2 N–H and O–H groups in total. The average Bonchev–Trinajstić information content (AvgIpc) is 2.56. The largest absolute Gasteiger partial charge is 0.339 e. The summed E-state index contributed by atoms with van der Waals surface area (Å²) in [6, 6.07) is 11.7. The van der Waals surface area contributed by atoms with Crippen molar-refractivity contribution in [3.05, 3.63) is 64.3 Å². The first-order valence-electron chi connectivity index (χ1n) is 7.59. The van der Waals surface area contributed by atoms with Crippen molar-refractivity contribution in [3.63, 3.8) is 0 Å². The molecule has 0 atom stereocenters. The molecule has 0 spiro atoms. The van der Waals surface area contributed by atoms with E-state index in [0.717, 1.165) is 22.5 Å². The van der Waals surface area contributed by atoms with E-state index in [4.69, 9.17) is 11.6 Å². The van der Waals surface area contributed by atoms with Crippen LogP contribution in [0.25, 0.3) is 0 Å². The molecule has 0 unspecified atom stereocenters. The SMILES string of the molecule is Cc1ccc(Cl)cc1Nc1cnnc(Nc2cccc(C)c2C)n1. The Balaban J connectivity index is 1.84. The molecule has 0 aliphatic rings. The van der Waals surface area contributed by atoms with Crippen molar-refractivity contribution < 1.29 is 0 Å². The van der Waals surface area contributed by atoms with Crippen LogP contribution in [0.1, 0.15) is 16.7 Å². The van der Waals surface area contributed by atoms with Gasteiger partial charge in [-0.15, -0.1) is 5.10 Å². The molecule has 0 aliphatic carbocycles. The van der Waals surface area contributed by atoms with Crippen molar-refractivity contribution in [2.24, 2.45) is 0 Å². The van der Waals surface area contributed by atoms with E-state index in [2.05, 4.69) is 45.7 Å². The van der Waals surface area contributed by atoms with Crippen molar-refractivity contribution in [1.29, 1.82) is 0 Å². The van der Waals surface area contributed by atoms with Gasteiger partial charge < -0.3 is 10.6 Å². The van der Waals surface area contributed by atoms with Gasteiger partial charge >= 0.3 is 0 Å². The van der Waals surface area contributed by atoms with Crippen molar-refractivity contribution >= 4 is 34.7 Å². The molecule has 24 heavy (non-hydrogen) atoms. The van der Waals surface area contributed by atoms with Gasteiger partial charge in [-0.1, -0.05) is 29.8 Å². The highest BCUT2D eigenvalue weighted by Gasteiger charge is 2.06. The highest BCUT2D eigenvalue weighted by atomic mass is 35.5. The molecule has 0 amide bonds. The van der Waals surface area contributed by atoms with E-state index in [1.807, 2.05) is 37.3 Å². The van der Waals surface area contributed by atoms with Crippen LogP contribution in [0.4, 0.5) is 23.1 Å². The number of hydrogen-bond acceptors (Lipinski definition) is 5. The summed E-state index contributed by atoms with van der Waals surface area (Å²) >= 11 is 6.05. The van der Waals surface area contributed by atoms with Crippen LogP contribution in [0, 0.1) is 20.8 Å². The van der Waals surface area contributed by atoms with Crippen LogP contribution in [-0.4, -0.2) is 15.2 Å². The molecule has 5 nitrogen and oxygen atoms in total. The Hall–Kier alpha value is -2.66. The zero-order valence-electron chi connectivity index (χ0n) is 13.8. The summed E-state index contributed by atoms with van der Waals surface area (Å²) in [7, 11) is 0. The van der Waals surface area contributed by atoms with E-state index in [0.29, 0.717) is 16.8 Å². The first-order chi connectivity index (χ1) is 11.5. The molecule has 0 saturated heterocycles. The van der Waals surface area contributed by atoms with Crippen LogP contribution in [-0.2, 0) is 0 Å². The van der Waals surface area contributed by atoms with Gasteiger partial charge in [0.25, 0.3) is 0 Å². The number of rotatable bonds is 4. The second kappa shape index (κ2) is 6.84. The summed E-state index contributed by atoms with van der Waals surface area (Å²) in [4.78, 5) is 4.47. The molecule has 0 fully saturated rings. The quantitative estimate of drug-likeness (QED) is 0.705. The van der Waals surface area contributed by atoms with E-state index in [-0.39, 0.29) is 0 Å². The average molecular weight is 340 g/mol. The maximum atomic E-state index is 6.05. The topological polar surface area (TPSA) is 62.7 Å². The molecule has 122 valence electrons. The van der Waals surface area contributed by atoms with E-state index in [1.54, 1.807) is 6.20 Å². The Kier molecular flexibility index (Phi) is 4.62. The van der Waals surface area contributed by atoms with Crippen LogP contribution in [0.2, 0.25) is 5.02 Å². The summed E-state index contributed by atoms with van der Waals surface area (Å²) in [6.07, 6.45) is 1.58. The Bertz CT molecular complexity index is 860. The van der Waals surface area contributed by atoms with E-state index >= 15 is 0 Å². The predicted molar refractivity (Wildman–Crippen MR) is 98.5 cm³/mol. The monoisotopic (exact) mass is 339 g/mol. The number of aromatic nitrogens is 3.